The molecular weight excluding hydrogens is 268 g/mol. The molecular formula is C15H30N4O2. The Kier molecular flexibility index (Phi) is 7.11. The number of likely N-dealkylation sites (N-methyl/N-ethyl adjacent to an activating group) is 2. The van der Waals surface area contributed by atoms with E-state index in [1.165, 1.54) is 0 Å². The molecule has 0 aliphatic carbocycles. The van der Waals surface area contributed by atoms with Crippen LogP contribution in [0.5, 0.6) is 0 Å². The van der Waals surface area contributed by atoms with Crippen molar-refractivity contribution in [1.29, 1.82) is 0 Å². The van der Waals surface area contributed by atoms with Gasteiger partial charge in [-0.1, -0.05) is 0 Å². The van der Waals surface area contributed by atoms with E-state index < -0.39 is 0 Å². The van der Waals surface area contributed by atoms with E-state index in [9.17, 15) is 9.59 Å². The quantitative estimate of drug-likeness (QED) is 0.690. The van der Waals surface area contributed by atoms with Crippen LogP contribution in [0.25, 0.3) is 0 Å². The van der Waals surface area contributed by atoms with Crippen LogP contribution in [0.15, 0.2) is 0 Å². The van der Waals surface area contributed by atoms with Gasteiger partial charge in [0, 0.05) is 53.4 Å². The van der Waals surface area contributed by atoms with Crippen molar-refractivity contribution in [2.45, 2.75) is 26.8 Å². The molecule has 0 aromatic carbocycles. The average Bonchev–Trinajstić information content (AvgIpc) is 2.47. The molecule has 1 saturated heterocycles. The number of piperazine rings is 1. The Morgan fingerprint density at radius 2 is 1.57 bits per heavy atom. The molecule has 0 saturated carbocycles. The first-order valence-corrected chi connectivity index (χ1v) is 7.86. The molecule has 1 heterocycles. The van der Waals surface area contributed by atoms with Crippen LogP contribution in [0.4, 0.5) is 0 Å². The first-order chi connectivity index (χ1) is 9.90. The van der Waals surface area contributed by atoms with E-state index in [1.807, 2.05) is 25.7 Å². The molecule has 122 valence electrons. The van der Waals surface area contributed by atoms with Gasteiger partial charge in [-0.05, 0) is 20.8 Å². The Bertz CT molecular complexity index is 348. The second kappa shape index (κ2) is 8.34. The fourth-order valence-electron chi connectivity index (χ4n) is 2.71. The highest BCUT2D eigenvalue weighted by molar-refractivity contribution is 5.81. The maximum atomic E-state index is 12.1. The highest BCUT2D eigenvalue weighted by Gasteiger charge is 2.27. The Hall–Kier alpha value is -1.14. The van der Waals surface area contributed by atoms with E-state index in [-0.39, 0.29) is 17.9 Å². The predicted octanol–water partition coefficient (Wildman–Crippen LogP) is -0.0509. The molecule has 0 spiro atoms. The van der Waals surface area contributed by atoms with Crippen molar-refractivity contribution >= 4 is 11.8 Å². The van der Waals surface area contributed by atoms with E-state index in [2.05, 4.69) is 9.80 Å². The topological polar surface area (TPSA) is 47.1 Å². The van der Waals surface area contributed by atoms with Crippen LogP contribution in [-0.2, 0) is 9.59 Å². The van der Waals surface area contributed by atoms with Gasteiger partial charge < -0.3 is 9.80 Å². The maximum Gasteiger partial charge on any atom is 0.239 e. The molecule has 1 aliphatic heterocycles. The summed E-state index contributed by atoms with van der Waals surface area (Å²) < 4.78 is 0. The lowest BCUT2D eigenvalue weighted by molar-refractivity contribution is -0.136. The molecule has 2 amide bonds. The maximum absolute atomic E-state index is 12.1. The summed E-state index contributed by atoms with van der Waals surface area (Å²) in [6.45, 7) is 11.4. The van der Waals surface area contributed by atoms with E-state index >= 15 is 0 Å². The van der Waals surface area contributed by atoms with Crippen LogP contribution in [-0.4, -0.2) is 97.4 Å². The molecule has 1 unspecified atom stereocenters. The number of carbonyl (C=O) groups is 2. The van der Waals surface area contributed by atoms with Gasteiger partial charge in [0.05, 0.1) is 12.6 Å². The monoisotopic (exact) mass is 298 g/mol. The summed E-state index contributed by atoms with van der Waals surface area (Å²) >= 11 is 0. The molecule has 1 aliphatic rings. The van der Waals surface area contributed by atoms with Crippen LogP contribution in [0.3, 0.4) is 0 Å². The molecule has 0 aromatic heterocycles. The van der Waals surface area contributed by atoms with Gasteiger partial charge >= 0.3 is 0 Å². The third kappa shape index (κ3) is 4.97. The van der Waals surface area contributed by atoms with Crippen molar-refractivity contribution < 1.29 is 9.59 Å². The molecule has 1 atom stereocenters. The van der Waals surface area contributed by atoms with Crippen molar-refractivity contribution in [3.63, 3.8) is 0 Å². The van der Waals surface area contributed by atoms with Gasteiger partial charge in [0.1, 0.15) is 0 Å². The Morgan fingerprint density at radius 1 is 1.05 bits per heavy atom. The van der Waals surface area contributed by atoms with Gasteiger partial charge in [0.25, 0.3) is 0 Å². The van der Waals surface area contributed by atoms with Gasteiger partial charge in [-0.2, -0.15) is 0 Å². The number of rotatable bonds is 6. The van der Waals surface area contributed by atoms with Crippen LogP contribution in [0.1, 0.15) is 20.8 Å². The lowest BCUT2D eigenvalue weighted by atomic mass is 10.2. The van der Waals surface area contributed by atoms with Crippen molar-refractivity contribution in [1.82, 2.24) is 19.6 Å². The van der Waals surface area contributed by atoms with Crippen molar-refractivity contribution in [2.24, 2.45) is 0 Å². The standard InChI is InChI=1S/C15H30N4O2/c1-6-18(7-2)14(20)12-17-8-10-19(11-9-17)13(3)15(21)16(4)5/h13H,6-12H2,1-5H3. The summed E-state index contributed by atoms with van der Waals surface area (Å²) in [5.41, 5.74) is 0. The SMILES string of the molecule is CCN(CC)C(=O)CN1CCN(C(C)C(=O)N(C)C)CC1. The van der Waals surface area contributed by atoms with Crippen molar-refractivity contribution in [3.8, 4) is 0 Å². The van der Waals surface area contributed by atoms with E-state index in [0.717, 1.165) is 39.3 Å². The molecule has 21 heavy (non-hydrogen) atoms. The molecule has 6 heteroatoms. The van der Waals surface area contributed by atoms with Crippen LogP contribution >= 0.6 is 0 Å². The minimum atomic E-state index is -0.0827. The van der Waals surface area contributed by atoms with E-state index in [0.29, 0.717) is 6.54 Å². The van der Waals surface area contributed by atoms with Crippen molar-refractivity contribution in [3.05, 3.63) is 0 Å². The largest absolute Gasteiger partial charge is 0.347 e. The Balaban J connectivity index is 2.42. The minimum absolute atomic E-state index is 0.0827. The molecule has 1 fully saturated rings. The van der Waals surface area contributed by atoms with Crippen LogP contribution in [0.2, 0.25) is 0 Å². The fraction of sp³-hybridized carbons (Fsp3) is 0.867. The van der Waals surface area contributed by atoms with Crippen LogP contribution < -0.4 is 0 Å². The summed E-state index contributed by atoms with van der Waals surface area (Å²) in [7, 11) is 3.58. The summed E-state index contributed by atoms with van der Waals surface area (Å²) in [4.78, 5) is 32.0. The number of hydrogen-bond donors (Lipinski definition) is 0. The molecule has 0 bridgehead atoms. The molecule has 0 N–H and O–H groups in total. The highest BCUT2D eigenvalue weighted by atomic mass is 16.2. The summed E-state index contributed by atoms with van der Waals surface area (Å²) in [6.07, 6.45) is 0. The fourth-order valence-corrected chi connectivity index (χ4v) is 2.71. The predicted molar refractivity (Wildman–Crippen MR) is 84.1 cm³/mol. The van der Waals surface area contributed by atoms with Gasteiger partial charge in [-0.25, -0.2) is 0 Å². The second-order valence-corrected chi connectivity index (χ2v) is 5.79. The van der Waals surface area contributed by atoms with Gasteiger partial charge in [0.2, 0.25) is 11.8 Å². The Labute approximate surface area is 128 Å². The summed E-state index contributed by atoms with van der Waals surface area (Å²) in [6, 6.07) is -0.0827. The van der Waals surface area contributed by atoms with E-state index in [1.54, 1.807) is 19.0 Å². The first-order valence-electron chi connectivity index (χ1n) is 7.86. The third-order valence-electron chi connectivity index (χ3n) is 4.23. The number of amides is 2. The van der Waals surface area contributed by atoms with Crippen LogP contribution in [0, 0.1) is 0 Å². The zero-order valence-electron chi connectivity index (χ0n) is 14.1. The number of carbonyl (C=O) groups excluding carboxylic acids is 2. The third-order valence-corrected chi connectivity index (χ3v) is 4.23. The zero-order chi connectivity index (χ0) is 16.0. The first kappa shape index (κ1) is 17.9. The number of nitrogens with zero attached hydrogens (tertiary/aromatic N) is 4. The Morgan fingerprint density at radius 3 is 2.00 bits per heavy atom. The number of hydrogen-bond acceptors (Lipinski definition) is 4. The summed E-state index contributed by atoms with van der Waals surface area (Å²) in [5, 5.41) is 0. The van der Waals surface area contributed by atoms with Gasteiger partial charge in [0.15, 0.2) is 0 Å². The normalized spacial score (nSPS) is 18.3. The molecule has 6 nitrogen and oxygen atoms in total. The van der Waals surface area contributed by atoms with Gasteiger partial charge in [-0.15, -0.1) is 0 Å². The van der Waals surface area contributed by atoms with Gasteiger partial charge in [-0.3, -0.25) is 19.4 Å². The minimum Gasteiger partial charge on any atom is -0.347 e. The summed E-state index contributed by atoms with van der Waals surface area (Å²) in [5.74, 6) is 0.341. The van der Waals surface area contributed by atoms with Crippen molar-refractivity contribution in [2.75, 3.05) is 59.9 Å². The molecule has 0 aromatic rings. The van der Waals surface area contributed by atoms with E-state index in [4.69, 9.17) is 0 Å². The molecule has 1 rings (SSSR count). The lowest BCUT2D eigenvalue weighted by Gasteiger charge is -2.38. The zero-order valence-corrected chi connectivity index (χ0v) is 14.1. The molecule has 0 radical (unpaired) electrons. The second-order valence-electron chi connectivity index (χ2n) is 5.79. The smallest absolute Gasteiger partial charge is 0.239 e. The highest BCUT2D eigenvalue weighted by Crippen LogP contribution is 2.08. The lowest BCUT2D eigenvalue weighted by Crippen LogP contribution is -2.55. The average molecular weight is 298 g/mol.